The summed E-state index contributed by atoms with van der Waals surface area (Å²) in [6, 6.07) is 25.0. The molecule has 2 bridgehead atoms. The second-order valence-corrected chi connectivity index (χ2v) is 20.9. The van der Waals surface area contributed by atoms with E-state index in [4.69, 9.17) is 24.5 Å². The number of piperazine rings is 1. The lowest BCUT2D eigenvalue weighted by Gasteiger charge is -2.43. The minimum absolute atomic E-state index is 0.00177. The van der Waals surface area contributed by atoms with Crippen molar-refractivity contribution in [3.05, 3.63) is 133 Å². The molecular weight excluding hydrogens is 1010 g/mol. The molecule has 79 heavy (non-hydrogen) atoms. The van der Waals surface area contributed by atoms with Crippen molar-refractivity contribution >= 4 is 29.0 Å². The molecule has 408 valence electrons. The minimum Gasteiger partial charge on any atom is -0.507 e. The molecule has 6 N–H and O–H groups in total. The number of likely N-dealkylation sites (tertiary alicyclic amines) is 1. The predicted octanol–water partition coefficient (Wildman–Crippen LogP) is 5.74. The summed E-state index contributed by atoms with van der Waals surface area (Å²) in [5.74, 6) is 6.81. The van der Waals surface area contributed by atoms with Gasteiger partial charge in [0, 0.05) is 98.6 Å². The summed E-state index contributed by atoms with van der Waals surface area (Å²) in [7, 11) is 0. The third-order valence-corrected chi connectivity index (χ3v) is 15.2. The molecular formula is C58H62N12O9. The van der Waals surface area contributed by atoms with Crippen molar-refractivity contribution in [2.75, 3.05) is 41.8 Å². The van der Waals surface area contributed by atoms with Gasteiger partial charge in [0.25, 0.3) is 5.88 Å². The highest BCUT2D eigenvalue weighted by Gasteiger charge is 2.44. The number of benzene rings is 2. The number of phenols is 1. The molecule has 1 saturated carbocycles. The maximum atomic E-state index is 14.2. The number of pyridine rings is 2. The number of carbonyl (C=O) groups excluding carboxylic acids is 2. The molecule has 4 aliphatic rings. The van der Waals surface area contributed by atoms with Gasteiger partial charge in [0.05, 0.1) is 29.7 Å². The number of nitrogens with two attached hydrogens (primary N) is 1. The minimum atomic E-state index is -0.894. The van der Waals surface area contributed by atoms with Gasteiger partial charge in [0.15, 0.2) is 18.2 Å². The van der Waals surface area contributed by atoms with Crippen molar-refractivity contribution in [2.45, 2.75) is 108 Å². The SMILES string of the molecule is CC(C)[C@@H](C(=O)N1C[C@H](O)C[C@H]1C(=O)N[C@@H](C)c1ccc(-n2ccnc2CO)cc1)c1cc(OCC#Cc2ccc(OC3CC(Oc4cc(N5C6CCC5CN(c5cc(-c7ccccc7O)nnc5N)C6)ccn4)C3)cn2)no1. The summed E-state index contributed by atoms with van der Waals surface area (Å²) in [6.07, 6.45) is 9.46. The molecule has 6 atom stereocenters. The number of hydrogen-bond donors (Lipinski definition) is 5. The van der Waals surface area contributed by atoms with Crippen molar-refractivity contribution < 1.29 is 43.6 Å². The van der Waals surface area contributed by atoms with Gasteiger partial charge in [-0.3, -0.25) is 9.59 Å². The van der Waals surface area contributed by atoms with Gasteiger partial charge in [-0.05, 0) is 90.9 Å². The van der Waals surface area contributed by atoms with Crippen molar-refractivity contribution in [3.8, 4) is 52.0 Å². The number of imidazole rings is 1. The smallest absolute Gasteiger partial charge is 0.255 e. The van der Waals surface area contributed by atoms with Gasteiger partial charge >= 0.3 is 0 Å². The average molecular weight is 1070 g/mol. The van der Waals surface area contributed by atoms with Gasteiger partial charge in [0.1, 0.15) is 53.8 Å². The van der Waals surface area contributed by atoms with Crippen molar-refractivity contribution in [1.29, 1.82) is 0 Å². The summed E-state index contributed by atoms with van der Waals surface area (Å²) < 4.78 is 25.7. The summed E-state index contributed by atoms with van der Waals surface area (Å²) >= 11 is 0. The lowest BCUT2D eigenvalue weighted by Crippen LogP contribution is -2.54. The number of carbonyl (C=O) groups is 2. The van der Waals surface area contributed by atoms with Crippen LogP contribution in [0, 0.1) is 17.8 Å². The third-order valence-electron chi connectivity index (χ3n) is 15.2. The number of amides is 2. The Labute approximate surface area is 456 Å². The van der Waals surface area contributed by atoms with Crippen molar-refractivity contribution in [3.63, 3.8) is 0 Å². The summed E-state index contributed by atoms with van der Waals surface area (Å²) in [6.45, 7) is 6.91. The zero-order valence-electron chi connectivity index (χ0n) is 44.0. The first-order valence-corrected chi connectivity index (χ1v) is 26.7. The number of phenolic OH excluding ortho intramolecular Hbond substituents is 1. The van der Waals surface area contributed by atoms with Crippen LogP contribution in [0.15, 0.2) is 114 Å². The van der Waals surface area contributed by atoms with Gasteiger partial charge in [-0.25, -0.2) is 15.0 Å². The monoisotopic (exact) mass is 1070 g/mol. The van der Waals surface area contributed by atoms with E-state index in [1.807, 2.05) is 81.4 Å². The Hall–Kier alpha value is -8.74. The highest BCUT2D eigenvalue weighted by Crippen LogP contribution is 2.41. The van der Waals surface area contributed by atoms with E-state index in [-0.39, 0.29) is 85.6 Å². The van der Waals surface area contributed by atoms with Gasteiger partial charge in [0.2, 0.25) is 17.7 Å². The Balaban J connectivity index is 0.627. The highest BCUT2D eigenvalue weighted by atomic mass is 16.5. The largest absolute Gasteiger partial charge is 0.507 e. The molecule has 0 radical (unpaired) electrons. The number of ether oxygens (including phenoxy) is 3. The van der Waals surface area contributed by atoms with E-state index in [1.165, 1.54) is 4.90 Å². The molecule has 2 unspecified atom stereocenters. The highest BCUT2D eigenvalue weighted by molar-refractivity contribution is 5.91. The van der Waals surface area contributed by atoms with Crippen molar-refractivity contribution in [2.24, 2.45) is 5.92 Å². The molecule has 4 fully saturated rings. The Bertz CT molecular complexity index is 3340. The molecule has 1 aliphatic carbocycles. The van der Waals surface area contributed by atoms with Crippen molar-refractivity contribution in [1.82, 2.24) is 45.1 Å². The quantitative estimate of drug-likeness (QED) is 0.0680. The molecule has 3 saturated heterocycles. The number of nitrogen functional groups attached to an aromatic ring is 1. The van der Waals surface area contributed by atoms with E-state index in [1.54, 1.807) is 53.6 Å². The number of nitrogens with zero attached hydrogens (tertiary/aromatic N) is 10. The number of aliphatic hydroxyl groups excluding tert-OH is 2. The Morgan fingerprint density at radius 3 is 2.39 bits per heavy atom. The molecule has 0 spiro atoms. The van der Waals surface area contributed by atoms with E-state index < -0.39 is 24.1 Å². The molecule has 21 heteroatoms. The number of hydrogen-bond acceptors (Lipinski definition) is 18. The average Bonchev–Trinajstić information content (AvgIpc) is 4.45. The van der Waals surface area contributed by atoms with E-state index in [0.29, 0.717) is 53.1 Å². The fourth-order valence-electron chi connectivity index (χ4n) is 11.2. The zero-order valence-corrected chi connectivity index (χ0v) is 44.0. The van der Waals surface area contributed by atoms with Gasteiger partial charge in [-0.15, -0.1) is 10.2 Å². The Kier molecular flexibility index (Phi) is 15.0. The maximum Gasteiger partial charge on any atom is 0.255 e. The first kappa shape index (κ1) is 52.3. The van der Waals surface area contributed by atoms with Crippen LogP contribution in [0.2, 0.25) is 0 Å². The number of β-amino-alcohol motifs (C(OH)–C–C–N with tert-alkyl or cyclic N) is 1. The fourth-order valence-corrected chi connectivity index (χ4v) is 11.2. The van der Waals surface area contributed by atoms with Crippen LogP contribution in [0.1, 0.15) is 87.7 Å². The zero-order chi connectivity index (χ0) is 54.7. The van der Waals surface area contributed by atoms with Crippen LogP contribution in [-0.2, 0) is 16.2 Å². The number of para-hydroxylation sites is 1. The molecule has 8 heterocycles. The second kappa shape index (κ2) is 22.7. The lowest BCUT2D eigenvalue weighted by molar-refractivity contribution is -0.141. The number of aromatic nitrogens is 7. The molecule has 2 amide bonds. The van der Waals surface area contributed by atoms with Crippen LogP contribution in [0.25, 0.3) is 16.9 Å². The normalized spacial score (nSPS) is 21.2. The Morgan fingerprint density at radius 1 is 0.861 bits per heavy atom. The number of anilines is 3. The molecule has 5 aromatic heterocycles. The first-order valence-electron chi connectivity index (χ1n) is 26.7. The standard InChI is InChI=1S/C58H62N12O9/c1-34(2)55(58(75)69-32-42(72)24-49(69)57(74)63-35(3)36-10-13-38(14-11-36)68-21-20-60-52(68)33-71)51-28-54(66-79-51)76-22-6-7-37-12-17-43(29-62-37)77-44-25-45(26-44)78-53-23-39(18-19-61-53)70-40-15-16-41(70)31-67(30-40)48-27-47(64-65-56(48)59)46-8-4-5-9-50(46)73/h4-5,8-14,17-21,23,27-29,34-35,40-42,44-45,49,55,71-73H,15-16,22,24-26,30-33H2,1-3H3,(H2,59,65)(H,63,74)/t35-,40?,41?,42+,44?,45?,49-,55+/m0/s1. The molecule has 2 aromatic carbocycles. The van der Waals surface area contributed by atoms with Crippen LogP contribution in [0.4, 0.5) is 17.2 Å². The van der Waals surface area contributed by atoms with Gasteiger partial charge in [-0.1, -0.05) is 44.0 Å². The molecule has 7 aromatic rings. The molecule has 3 aliphatic heterocycles. The number of rotatable bonds is 17. The lowest BCUT2D eigenvalue weighted by atomic mass is 9.91. The third kappa shape index (κ3) is 11.3. The number of aromatic hydroxyl groups is 1. The topological polar surface area (TPSA) is 266 Å². The molecule has 11 rings (SSSR count). The number of fused-ring (bicyclic) bond motifs is 2. The Morgan fingerprint density at radius 2 is 1.65 bits per heavy atom. The summed E-state index contributed by atoms with van der Waals surface area (Å²) in [4.78, 5) is 47.3. The maximum absolute atomic E-state index is 14.2. The molecule has 21 nitrogen and oxygen atoms in total. The van der Waals surface area contributed by atoms with E-state index in [2.05, 4.69) is 57.3 Å². The van der Waals surface area contributed by atoms with Crippen LogP contribution in [0.3, 0.4) is 0 Å². The van der Waals surface area contributed by atoms with E-state index in [0.717, 1.165) is 48.6 Å². The van der Waals surface area contributed by atoms with E-state index >= 15 is 0 Å². The number of aliphatic hydroxyl groups is 2. The fraction of sp³-hybridized carbons (Fsp3) is 0.379. The summed E-state index contributed by atoms with van der Waals surface area (Å²) in [5.41, 5.74) is 11.6. The summed E-state index contributed by atoms with van der Waals surface area (Å²) in [5, 5.41) is 46.3. The van der Waals surface area contributed by atoms with Gasteiger partial charge < -0.3 is 64.4 Å². The van der Waals surface area contributed by atoms with Crippen LogP contribution >= 0.6 is 0 Å². The predicted molar refractivity (Wildman–Crippen MR) is 290 cm³/mol. The van der Waals surface area contributed by atoms with Crippen LogP contribution in [-0.4, -0.2) is 130 Å². The van der Waals surface area contributed by atoms with E-state index in [9.17, 15) is 24.9 Å². The number of nitrogens with one attached hydrogen (secondary N) is 1. The van der Waals surface area contributed by atoms with Crippen LogP contribution < -0.4 is 35.1 Å². The van der Waals surface area contributed by atoms with Crippen LogP contribution in [0.5, 0.6) is 23.3 Å². The van der Waals surface area contributed by atoms with Gasteiger partial charge in [-0.2, -0.15) is 0 Å². The second-order valence-electron chi connectivity index (χ2n) is 20.9. The first-order chi connectivity index (χ1) is 38.3.